The van der Waals surface area contributed by atoms with E-state index in [9.17, 15) is 4.79 Å². The number of hydrogen-bond donors (Lipinski definition) is 0. The average Bonchev–Trinajstić information content (AvgIpc) is 2.83. The number of carbonyl (C=O) groups excluding carboxylic acids is 1. The Labute approximate surface area is 184 Å². The van der Waals surface area contributed by atoms with Crippen LogP contribution in [-0.2, 0) is 0 Å². The first-order chi connectivity index (χ1) is 15.2. The fraction of sp³-hybridized carbons (Fsp3) is 0.423. The van der Waals surface area contributed by atoms with Crippen molar-refractivity contribution in [3.63, 3.8) is 0 Å². The van der Waals surface area contributed by atoms with Gasteiger partial charge in [-0.2, -0.15) is 0 Å². The Morgan fingerprint density at radius 3 is 2.74 bits per heavy atom. The highest BCUT2D eigenvalue weighted by molar-refractivity contribution is 6.07. The normalized spacial score (nSPS) is 21.6. The van der Waals surface area contributed by atoms with Crippen molar-refractivity contribution < 1.29 is 4.79 Å². The minimum absolute atomic E-state index is 0.0850. The van der Waals surface area contributed by atoms with Crippen molar-refractivity contribution in [2.24, 2.45) is 5.92 Å². The van der Waals surface area contributed by atoms with Crippen LogP contribution in [0, 0.1) is 5.92 Å². The molecule has 1 amide bonds. The summed E-state index contributed by atoms with van der Waals surface area (Å²) in [5, 5.41) is 0.917. The van der Waals surface area contributed by atoms with E-state index < -0.39 is 0 Å². The quantitative estimate of drug-likeness (QED) is 0.624. The summed E-state index contributed by atoms with van der Waals surface area (Å²) in [7, 11) is 1.96. The summed E-state index contributed by atoms with van der Waals surface area (Å²) in [6, 6.07) is 14.4. The Balaban J connectivity index is 1.44. The van der Waals surface area contributed by atoms with Gasteiger partial charge in [0.1, 0.15) is 0 Å². The van der Waals surface area contributed by atoms with Gasteiger partial charge < -0.3 is 9.80 Å². The molecular weight excluding hydrogens is 384 g/mol. The number of rotatable bonds is 4. The van der Waals surface area contributed by atoms with Gasteiger partial charge in [0.15, 0.2) is 0 Å². The van der Waals surface area contributed by atoms with Crippen LogP contribution in [0.3, 0.4) is 0 Å². The molecule has 5 rings (SSSR count). The molecule has 2 saturated heterocycles. The van der Waals surface area contributed by atoms with E-state index in [4.69, 9.17) is 4.98 Å². The van der Waals surface area contributed by atoms with Gasteiger partial charge in [0, 0.05) is 43.0 Å². The molecule has 3 aromatic rings. The third-order valence-corrected chi connectivity index (χ3v) is 7.01. The minimum Gasteiger partial charge on any atom is -0.341 e. The summed E-state index contributed by atoms with van der Waals surface area (Å²) in [4.78, 5) is 27.2. The van der Waals surface area contributed by atoms with Crippen molar-refractivity contribution >= 4 is 16.8 Å². The third-order valence-electron chi connectivity index (χ3n) is 7.01. The molecule has 4 heterocycles. The molecule has 5 nitrogen and oxygen atoms in total. The van der Waals surface area contributed by atoms with Gasteiger partial charge in [0.2, 0.25) is 0 Å². The number of fused-ring (bicyclic) bond motifs is 2. The Hall–Kier alpha value is -2.79. The van der Waals surface area contributed by atoms with Gasteiger partial charge in [-0.15, -0.1) is 0 Å². The van der Waals surface area contributed by atoms with Crippen LogP contribution in [0.25, 0.3) is 22.2 Å². The standard InChI is InChI=1S/C26H30N4O/c1-29(18-20-7-6-16-30-15-5-4-10-25(20)30)26(31)22-17-24(19-11-13-27-14-12-19)28-23-9-3-2-8-21(22)23/h2-3,8-9,11-14,17,20,25H,4-7,10,15-16,18H2,1H3/t20-,25+/m0/s1. The lowest BCUT2D eigenvalue weighted by Gasteiger charge is -2.45. The van der Waals surface area contributed by atoms with Crippen LogP contribution in [0.5, 0.6) is 0 Å². The molecule has 0 radical (unpaired) electrons. The Morgan fingerprint density at radius 1 is 1.06 bits per heavy atom. The monoisotopic (exact) mass is 414 g/mol. The lowest BCUT2D eigenvalue weighted by atomic mass is 9.83. The van der Waals surface area contributed by atoms with Gasteiger partial charge in [-0.1, -0.05) is 24.6 Å². The van der Waals surface area contributed by atoms with Crippen LogP contribution in [0.2, 0.25) is 0 Å². The Kier molecular flexibility index (Phi) is 5.68. The SMILES string of the molecule is CN(C[C@@H]1CCCN2CCCC[C@H]12)C(=O)c1cc(-c2ccncc2)nc2ccccc12. The summed E-state index contributed by atoms with van der Waals surface area (Å²) in [6.07, 6.45) is 9.90. The van der Waals surface area contributed by atoms with Crippen molar-refractivity contribution in [3.8, 4) is 11.3 Å². The van der Waals surface area contributed by atoms with E-state index >= 15 is 0 Å². The van der Waals surface area contributed by atoms with E-state index in [2.05, 4.69) is 9.88 Å². The fourth-order valence-electron chi connectivity index (χ4n) is 5.45. The summed E-state index contributed by atoms with van der Waals surface area (Å²) in [5.41, 5.74) is 3.37. The zero-order chi connectivity index (χ0) is 21.2. The number of carbonyl (C=O) groups is 1. The molecule has 5 heteroatoms. The van der Waals surface area contributed by atoms with Gasteiger partial charge in [0.25, 0.3) is 5.91 Å². The maximum Gasteiger partial charge on any atom is 0.254 e. The second-order valence-electron chi connectivity index (χ2n) is 9.00. The molecule has 0 saturated carbocycles. The lowest BCUT2D eigenvalue weighted by Crippen LogP contribution is -2.51. The van der Waals surface area contributed by atoms with Gasteiger partial charge in [0.05, 0.1) is 16.8 Å². The zero-order valence-corrected chi connectivity index (χ0v) is 18.2. The summed E-state index contributed by atoms with van der Waals surface area (Å²) in [5.74, 6) is 0.651. The number of aromatic nitrogens is 2. The van der Waals surface area contributed by atoms with Gasteiger partial charge in [-0.25, -0.2) is 4.98 Å². The molecule has 2 fully saturated rings. The number of piperidine rings is 2. The summed E-state index contributed by atoms with van der Waals surface area (Å²) in [6.45, 7) is 3.27. The first-order valence-corrected chi connectivity index (χ1v) is 11.5. The molecule has 0 spiro atoms. The van der Waals surface area contributed by atoms with Crippen LogP contribution in [0.1, 0.15) is 42.5 Å². The number of para-hydroxylation sites is 1. The van der Waals surface area contributed by atoms with E-state index in [0.717, 1.165) is 34.3 Å². The van der Waals surface area contributed by atoms with E-state index in [1.165, 1.54) is 45.2 Å². The Morgan fingerprint density at radius 2 is 1.87 bits per heavy atom. The van der Waals surface area contributed by atoms with Crippen molar-refractivity contribution in [2.45, 2.75) is 38.1 Å². The van der Waals surface area contributed by atoms with E-state index in [1.54, 1.807) is 12.4 Å². The molecule has 2 aromatic heterocycles. The molecule has 0 aliphatic carbocycles. The summed E-state index contributed by atoms with van der Waals surface area (Å²) < 4.78 is 0. The predicted octanol–water partition coefficient (Wildman–Crippen LogP) is 4.63. The number of hydrogen-bond acceptors (Lipinski definition) is 4. The van der Waals surface area contributed by atoms with E-state index in [1.807, 2.05) is 54.4 Å². The van der Waals surface area contributed by atoms with E-state index in [0.29, 0.717) is 12.0 Å². The zero-order valence-electron chi connectivity index (χ0n) is 18.2. The van der Waals surface area contributed by atoms with Crippen molar-refractivity contribution in [1.29, 1.82) is 0 Å². The van der Waals surface area contributed by atoms with Crippen LogP contribution in [-0.4, -0.2) is 58.4 Å². The van der Waals surface area contributed by atoms with Crippen molar-refractivity contribution in [3.05, 3.63) is 60.4 Å². The predicted molar refractivity (Wildman–Crippen MR) is 124 cm³/mol. The van der Waals surface area contributed by atoms with Crippen LogP contribution in [0.4, 0.5) is 0 Å². The molecule has 2 aliphatic heterocycles. The second-order valence-corrected chi connectivity index (χ2v) is 9.00. The molecular formula is C26H30N4O. The highest BCUT2D eigenvalue weighted by Gasteiger charge is 2.34. The van der Waals surface area contributed by atoms with Crippen LogP contribution < -0.4 is 0 Å². The minimum atomic E-state index is 0.0850. The van der Waals surface area contributed by atoms with Gasteiger partial charge in [-0.05, 0) is 69.0 Å². The number of nitrogens with zero attached hydrogens (tertiary/aromatic N) is 4. The third kappa shape index (κ3) is 4.07. The first-order valence-electron chi connectivity index (χ1n) is 11.5. The van der Waals surface area contributed by atoms with Crippen molar-refractivity contribution in [2.75, 3.05) is 26.7 Å². The topological polar surface area (TPSA) is 49.3 Å². The Bertz CT molecular complexity index is 1070. The molecule has 0 unspecified atom stereocenters. The molecule has 2 aliphatic rings. The number of pyridine rings is 2. The molecule has 2 atom stereocenters. The molecule has 160 valence electrons. The fourth-order valence-corrected chi connectivity index (χ4v) is 5.45. The second kappa shape index (κ2) is 8.75. The highest BCUT2D eigenvalue weighted by atomic mass is 16.2. The molecule has 31 heavy (non-hydrogen) atoms. The van der Waals surface area contributed by atoms with E-state index in [-0.39, 0.29) is 5.91 Å². The van der Waals surface area contributed by atoms with Crippen LogP contribution in [0.15, 0.2) is 54.9 Å². The number of benzene rings is 1. The van der Waals surface area contributed by atoms with Gasteiger partial charge in [-0.3, -0.25) is 9.78 Å². The van der Waals surface area contributed by atoms with Gasteiger partial charge >= 0.3 is 0 Å². The smallest absolute Gasteiger partial charge is 0.254 e. The maximum absolute atomic E-state index is 13.6. The molecule has 0 bridgehead atoms. The average molecular weight is 415 g/mol. The number of amides is 1. The van der Waals surface area contributed by atoms with Crippen LogP contribution >= 0.6 is 0 Å². The first kappa shape index (κ1) is 20.1. The molecule has 1 aromatic carbocycles. The highest BCUT2D eigenvalue weighted by Crippen LogP contribution is 2.32. The van der Waals surface area contributed by atoms with Crippen molar-refractivity contribution in [1.82, 2.24) is 19.8 Å². The lowest BCUT2D eigenvalue weighted by molar-refractivity contribution is 0.0403. The molecule has 0 N–H and O–H groups in total. The summed E-state index contributed by atoms with van der Waals surface area (Å²) >= 11 is 0. The maximum atomic E-state index is 13.6. The largest absolute Gasteiger partial charge is 0.341 e.